The lowest BCUT2D eigenvalue weighted by molar-refractivity contribution is -0.146. The van der Waals surface area contributed by atoms with Gasteiger partial charge < -0.3 is 15.2 Å². The smallest absolute Gasteiger partial charge is 0.331 e. The number of para-hydroxylation sites is 1. The van der Waals surface area contributed by atoms with Gasteiger partial charge in [-0.05, 0) is 19.9 Å². The number of anilines is 1. The molecule has 0 fully saturated rings. The van der Waals surface area contributed by atoms with Crippen LogP contribution in [0.15, 0.2) is 30.6 Å². The predicted octanol–water partition coefficient (Wildman–Crippen LogP) is 1.78. The molecule has 1 unspecified atom stereocenters. The van der Waals surface area contributed by atoms with Crippen LogP contribution in [0.25, 0.3) is 0 Å². The topological polar surface area (TPSA) is 93.5 Å². The maximum atomic E-state index is 13.6. The van der Waals surface area contributed by atoms with E-state index in [0.29, 0.717) is 11.3 Å². The Morgan fingerprint density at radius 1 is 1.46 bits per heavy atom. The van der Waals surface area contributed by atoms with Crippen LogP contribution in [0.1, 0.15) is 19.4 Å². The molecule has 2 N–H and O–H groups in total. The number of benzene rings is 1. The van der Waals surface area contributed by atoms with Gasteiger partial charge in [-0.15, -0.1) is 0 Å². The summed E-state index contributed by atoms with van der Waals surface area (Å²) in [6, 6.07) is 4.55. The molecule has 2 heterocycles. The van der Waals surface area contributed by atoms with Crippen LogP contribution in [0.3, 0.4) is 0 Å². The van der Waals surface area contributed by atoms with Crippen molar-refractivity contribution >= 4 is 17.6 Å². The lowest BCUT2D eigenvalue weighted by Crippen LogP contribution is -2.36. The molecule has 1 amide bonds. The fourth-order valence-corrected chi connectivity index (χ4v) is 2.39. The Labute approximate surface area is 137 Å². The summed E-state index contributed by atoms with van der Waals surface area (Å²) >= 11 is 0. The van der Waals surface area contributed by atoms with Gasteiger partial charge in [0.05, 0.1) is 11.9 Å². The van der Waals surface area contributed by atoms with Crippen molar-refractivity contribution in [3.8, 4) is 5.75 Å². The number of carbonyl (C=O) groups excluding carboxylic acids is 1. The first-order valence-electron chi connectivity index (χ1n) is 7.32. The van der Waals surface area contributed by atoms with E-state index < -0.39 is 29.3 Å². The van der Waals surface area contributed by atoms with Crippen LogP contribution in [-0.2, 0) is 21.5 Å². The molecular formula is C16H16FN3O4. The van der Waals surface area contributed by atoms with Gasteiger partial charge in [0, 0.05) is 18.2 Å². The quantitative estimate of drug-likeness (QED) is 0.890. The number of carbonyl (C=O) groups is 2. The molecule has 2 aromatic rings. The number of aliphatic carboxylic acids is 1. The molecule has 0 bridgehead atoms. The third-order valence-electron chi connectivity index (χ3n) is 3.95. The van der Waals surface area contributed by atoms with Crippen molar-refractivity contribution in [1.82, 2.24) is 9.78 Å². The number of amides is 1. The van der Waals surface area contributed by atoms with Crippen molar-refractivity contribution in [3.05, 3.63) is 42.0 Å². The van der Waals surface area contributed by atoms with Crippen LogP contribution in [-0.4, -0.2) is 32.9 Å². The Kier molecular flexibility index (Phi) is 3.75. The van der Waals surface area contributed by atoms with E-state index in [9.17, 15) is 19.1 Å². The molecule has 1 aromatic heterocycles. The van der Waals surface area contributed by atoms with Crippen LogP contribution >= 0.6 is 0 Å². The van der Waals surface area contributed by atoms with Crippen LogP contribution in [0.5, 0.6) is 5.75 Å². The first-order chi connectivity index (χ1) is 11.3. The molecule has 1 aromatic carbocycles. The summed E-state index contributed by atoms with van der Waals surface area (Å²) in [5.74, 6) is -1.90. The van der Waals surface area contributed by atoms with Gasteiger partial charge in [0.25, 0.3) is 5.91 Å². The lowest BCUT2D eigenvalue weighted by atomic mass is 10.1. The number of carboxylic acid groups (broad SMARTS) is 1. The molecule has 8 heteroatoms. The van der Waals surface area contributed by atoms with Gasteiger partial charge in [-0.2, -0.15) is 5.10 Å². The molecule has 1 atom stereocenters. The zero-order valence-electron chi connectivity index (χ0n) is 13.1. The number of nitrogens with zero attached hydrogens (tertiary/aromatic N) is 2. The maximum Gasteiger partial charge on any atom is 0.331 e. The first-order valence-corrected chi connectivity index (χ1v) is 7.32. The molecule has 24 heavy (non-hydrogen) atoms. The molecular weight excluding hydrogens is 317 g/mol. The highest BCUT2D eigenvalue weighted by Crippen LogP contribution is 2.31. The van der Waals surface area contributed by atoms with Crippen molar-refractivity contribution in [1.29, 1.82) is 0 Å². The van der Waals surface area contributed by atoms with Gasteiger partial charge in [-0.25, -0.2) is 9.18 Å². The summed E-state index contributed by atoms with van der Waals surface area (Å²) in [6.07, 6.45) is 2.21. The Balaban J connectivity index is 1.70. The number of aromatic nitrogens is 2. The van der Waals surface area contributed by atoms with E-state index in [4.69, 9.17) is 4.74 Å². The van der Waals surface area contributed by atoms with Gasteiger partial charge in [0.1, 0.15) is 0 Å². The third-order valence-corrected chi connectivity index (χ3v) is 3.95. The number of ether oxygens (including phenoxy) is 1. The standard InChI is InChI=1S/C16H16FN3O4/c1-16(2,15(22)23)20-8-10(7-18-20)19-14(21)12-6-9-4-3-5-11(17)13(9)24-12/h3-5,7-8,12H,6H2,1-2H3,(H,19,21)(H,22,23). The minimum atomic E-state index is -1.24. The second-order valence-corrected chi connectivity index (χ2v) is 6.07. The molecule has 1 aliphatic rings. The molecule has 1 aliphatic heterocycles. The second-order valence-electron chi connectivity index (χ2n) is 6.07. The maximum absolute atomic E-state index is 13.6. The average molecular weight is 333 g/mol. The Morgan fingerprint density at radius 3 is 2.88 bits per heavy atom. The van der Waals surface area contributed by atoms with Gasteiger partial charge in [0.2, 0.25) is 0 Å². The van der Waals surface area contributed by atoms with E-state index in [0.717, 1.165) is 0 Å². The number of fused-ring (bicyclic) bond motifs is 1. The molecule has 7 nitrogen and oxygen atoms in total. The van der Waals surface area contributed by atoms with Crippen molar-refractivity contribution in [2.75, 3.05) is 5.32 Å². The highest BCUT2D eigenvalue weighted by Gasteiger charge is 2.33. The lowest BCUT2D eigenvalue weighted by Gasteiger charge is -2.19. The Morgan fingerprint density at radius 2 is 2.21 bits per heavy atom. The molecule has 0 saturated carbocycles. The van der Waals surface area contributed by atoms with Gasteiger partial charge in [0.15, 0.2) is 23.2 Å². The molecule has 126 valence electrons. The fraction of sp³-hybridized carbons (Fsp3) is 0.312. The van der Waals surface area contributed by atoms with E-state index in [1.807, 2.05) is 0 Å². The first kappa shape index (κ1) is 16.0. The Bertz CT molecular complexity index is 815. The zero-order chi connectivity index (χ0) is 17.5. The molecule has 0 radical (unpaired) electrons. The largest absolute Gasteiger partial charge is 0.479 e. The van der Waals surface area contributed by atoms with Crippen LogP contribution in [0.2, 0.25) is 0 Å². The molecule has 0 aliphatic carbocycles. The Hall–Kier alpha value is -2.90. The summed E-state index contributed by atoms with van der Waals surface area (Å²) in [6.45, 7) is 2.99. The number of rotatable bonds is 4. The third kappa shape index (κ3) is 2.70. The normalized spacial score (nSPS) is 16.4. The van der Waals surface area contributed by atoms with Crippen LogP contribution in [0.4, 0.5) is 10.1 Å². The number of nitrogens with one attached hydrogen (secondary N) is 1. The van der Waals surface area contributed by atoms with Gasteiger partial charge in [-0.1, -0.05) is 12.1 Å². The molecule has 0 saturated heterocycles. The average Bonchev–Trinajstić information content (AvgIpc) is 3.14. The van der Waals surface area contributed by atoms with E-state index in [2.05, 4.69) is 10.4 Å². The summed E-state index contributed by atoms with van der Waals surface area (Å²) < 4.78 is 20.3. The van der Waals surface area contributed by atoms with Crippen molar-refractivity contribution in [3.63, 3.8) is 0 Å². The highest BCUT2D eigenvalue weighted by atomic mass is 19.1. The number of hydrogen-bond donors (Lipinski definition) is 2. The summed E-state index contributed by atoms with van der Waals surface area (Å²) in [7, 11) is 0. The minimum absolute atomic E-state index is 0.0976. The van der Waals surface area contributed by atoms with Crippen molar-refractivity contribution in [2.24, 2.45) is 0 Å². The summed E-state index contributed by atoms with van der Waals surface area (Å²) in [5, 5.41) is 15.8. The summed E-state index contributed by atoms with van der Waals surface area (Å²) in [4.78, 5) is 23.5. The molecule has 3 rings (SSSR count). The van der Waals surface area contributed by atoms with Crippen molar-refractivity contribution in [2.45, 2.75) is 31.9 Å². The predicted molar refractivity (Wildman–Crippen MR) is 82.3 cm³/mol. The number of halogens is 1. The summed E-state index contributed by atoms with van der Waals surface area (Å²) in [5.41, 5.74) is -0.265. The van der Waals surface area contributed by atoms with Crippen LogP contribution < -0.4 is 10.1 Å². The van der Waals surface area contributed by atoms with E-state index in [-0.39, 0.29) is 12.2 Å². The minimum Gasteiger partial charge on any atom is -0.479 e. The van der Waals surface area contributed by atoms with E-state index in [1.54, 1.807) is 12.1 Å². The zero-order valence-corrected chi connectivity index (χ0v) is 13.1. The van der Waals surface area contributed by atoms with Crippen molar-refractivity contribution < 1.29 is 23.8 Å². The molecule has 0 spiro atoms. The SMILES string of the molecule is CC(C)(C(=O)O)n1cc(NC(=O)C2Cc3cccc(F)c3O2)cn1. The monoisotopic (exact) mass is 333 g/mol. The highest BCUT2D eigenvalue weighted by molar-refractivity contribution is 5.95. The van der Waals surface area contributed by atoms with E-state index >= 15 is 0 Å². The fourth-order valence-electron chi connectivity index (χ4n) is 2.39. The van der Waals surface area contributed by atoms with E-state index in [1.165, 1.54) is 37.0 Å². The van der Waals surface area contributed by atoms with Crippen LogP contribution in [0, 0.1) is 5.82 Å². The second kappa shape index (κ2) is 5.63. The number of hydrogen-bond acceptors (Lipinski definition) is 4. The van der Waals surface area contributed by atoms with Gasteiger partial charge >= 0.3 is 5.97 Å². The van der Waals surface area contributed by atoms with Gasteiger partial charge in [-0.3, -0.25) is 9.48 Å². The number of carboxylic acids is 1.